The fourth-order valence-electron chi connectivity index (χ4n) is 2.15. The van der Waals surface area contributed by atoms with E-state index in [0.717, 1.165) is 24.0 Å². The Labute approximate surface area is 116 Å². The van der Waals surface area contributed by atoms with Crippen molar-refractivity contribution < 1.29 is 9.53 Å². The summed E-state index contributed by atoms with van der Waals surface area (Å²) in [5.41, 5.74) is 1.19. The number of nitrogens with zero attached hydrogens (tertiary/aromatic N) is 1. The summed E-state index contributed by atoms with van der Waals surface area (Å²) in [6.07, 6.45) is 1.51. The van der Waals surface area contributed by atoms with Crippen LogP contribution in [0.25, 0.3) is 0 Å². The zero-order valence-corrected chi connectivity index (χ0v) is 12.1. The first-order valence-corrected chi connectivity index (χ1v) is 7.09. The van der Waals surface area contributed by atoms with Gasteiger partial charge < -0.3 is 9.64 Å². The van der Waals surface area contributed by atoms with Gasteiger partial charge in [0.2, 0.25) is 5.91 Å². The molecule has 18 heavy (non-hydrogen) atoms. The fraction of sp³-hybridized carbons (Fsp3) is 0.500. The number of carbonyl (C=O) groups excluding carboxylic acids is 1. The molecule has 1 unspecified atom stereocenters. The van der Waals surface area contributed by atoms with E-state index in [4.69, 9.17) is 4.74 Å². The predicted molar refractivity (Wildman–Crippen MR) is 74.5 cm³/mol. The lowest BCUT2D eigenvalue weighted by molar-refractivity contribution is -0.138. The van der Waals surface area contributed by atoms with Gasteiger partial charge in [-0.25, -0.2) is 0 Å². The number of halogens is 1. The Balaban J connectivity index is 1.86. The van der Waals surface area contributed by atoms with Gasteiger partial charge in [-0.2, -0.15) is 0 Å². The summed E-state index contributed by atoms with van der Waals surface area (Å²) in [7, 11) is 0. The molecular weight excluding hydrogens is 294 g/mol. The molecule has 1 aromatic carbocycles. The van der Waals surface area contributed by atoms with Crippen LogP contribution < -0.4 is 0 Å². The van der Waals surface area contributed by atoms with Crippen molar-refractivity contribution in [3.8, 4) is 0 Å². The van der Waals surface area contributed by atoms with Crippen LogP contribution in [0.4, 0.5) is 0 Å². The quantitative estimate of drug-likeness (QED) is 0.859. The molecule has 1 heterocycles. The van der Waals surface area contributed by atoms with Crippen LogP contribution in [-0.2, 0) is 16.0 Å². The molecule has 1 fully saturated rings. The molecule has 4 heteroatoms. The van der Waals surface area contributed by atoms with Gasteiger partial charge in [0.15, 0.2) is 0 Å². The largest absolute Gasteiger partial charge is 0.375 e. The molecule has 3 nitrogen and oxygen atoms in total. The van der Waals surface area contributed by atoms with Crippen LogP contribution in [0.1, 0.15) is 18.9 Å². The average molecular weight is 312 g/mol. The molecule has 0 N–H and O–H groups in total. The first-order valence-electron chi connectivity index (χ1n) is 6.29. The van der Waals surface area contributed by atoms with Crippen LogP contribution >= 0.6 is 15.9 Å². The minimum absolute atomic E-state index is 0.158. The van der Waals surface area contributed by atoms with E-state index in [-0.39, 0.29) is 12.0 Å². The third kappa shape index (κ3) is 3.56. The Morgan fingerprint density at radius 2 is 2.28 bits per heavy atom. The van der Waals surface area contributed by atoms with Gasteiger partial charge in [-0.3, -0.25) is 4.79 Å². The van der Waals surface area contributed by atoms with Gasteiger partial charge in [-0.05, 0) is 25.0 Å². The van der Waals surface area contributed by atoms with Crippen LogP contribution in [0.3, 0.4) is 0 Å². The molecule has 98 valence electrons. The summed E-state index contributed by atoms with van der Waals surface area (Å²) < 4.78 is 6.52. The zero-order valence-electron chi connectivity index (χ0n) is 10.6. The van der Waals surface area contributed by atoms with E-state index < -0.39 is 0 Å². The minimum Gasteiger partial charge on any atom is -0.375 e. The predicted octanol–water partition coefficient (Wildman–Crippen LogP) is 2.63. The van der Waals surface area contributed by atoms with Gasteiger partial charge in [0.05, 0.1) is 12.7 Å². The van der Waals surface area contributed by atoms with Crippen molar-refractivity contribution in [1.82, 2.24) is 4.90 Å². The summed E-state index contributed by atoms with van der Waals surface area (Å²) in [4.78, 5) is 14.0. The molecule has 1 saturated heterocycles. The van der Waals surface area contributed by atoms with Gasteiger partial charge in [-0.15, -0.1) is 0 Å². The molecule has 1 amide bonds. The highest BCUT2D eigenvalue weighted by Crippen LogP contribution is 2.18. The Morgan fingerprint density at radius 3 is 3.00 bits per heavy atom. The van der Waals surface area contributed by atoms with Crippen molar-refractivity contribution in [2.75, 3.05) is 19.7 Å². The molecule has 0 spiro atoms. The van der Waals surface area contributed by atoms with Gasteiger partial charge in [0.1, 0.15) is 0 Å². The maximum absolute atomic E-state index is 12.1. The topological polar surface area (TPSA) is 29.5 Å². The highest BCUT2D eigenvalue weighted by Gasteiger charge is 2.20. The third-order valence-electron chi connectivity index (χ3n) is 3.16. The first kappa shape index (κ1) is 13.6. The number of morpholine rings is 1. The second-order valence-corrected chi connectivity index (χ2v) is 5.47. The average Bonchev–Trinajstić information content (AvgIpc) is 2.37. The highest BCUT2D eigenvalue weighted by molar-refractivity contribution is 9.10. The maximum atomic E-state index is 12.1. The third-order valence-corrected chi connectivity index (χ3v) is 3.93. The molecule has 0 radical (unpaired) electrons. The second-order valence-electron chi connectivity index (χ2n) is 4.61. The normalized spacial score (nSPS) is 19.9. The number of amides is 1. The highest BCUT2D eigenvalue weighted by atomic mass is 79.9. The van der Waals surface area contributed by atoms with Crippen LogP contribution in [0, 0.1) is 0 Å². The lowest BCUT2D eigenvalue weighted by Gasteiger charge is -2.31. The number of aryl methyl sites for hydroxylation is 1. The lowest BCUT2D eigenvalue weighted by atomic mass is 10.1. The number of ether oxygens (including phenoxy) is 1. The van der Waals surface area contributed by atoms with Crippen LogP contribution in [-0.4, -0.2) is 36.6 Å². The zero-order chi connectivity index (χ0) is 13.0. The standard InChI is InChI=1S/C14H18BrNO2/c1-11-10-16(8-9-18-11)14(17)7-6-12-4-2-3-5-13(12)15/h2-5,11H,6-10H2,1H3. The van der Waals surface area contributed by atoms with E-state index >= 15 is 0 Å². The molecule has 1 aliphatic rings. The summed E-state index contributed by atoms with van der Waals surface area (Å²) >= 11 is 3.51. The van der Waals surface area contributed by atoms with Crippen molar-refractivity contribution in [2.45, 2.75) is 25.9 Å². The van der Waals surface area contributed by atoms with E-state index in [1.807, 2.05) is 30.0 Å². The van der Waals surface area contributed by atoms with E-state index in [2.05, 4.69) is 22.0 Å². The molecule has 1 atom stereocenters. The molecule has 1 aromatic rings. The van der Waals surface area contributed by atoms with E-state index in [1.165, 1.54) is 5.56 Å². The minimum atomic E-state index is 0.158. The molecule has 0 aromatic heterocycles. The molecular formula is C14H18BrNO2. The van der Waals surface area contributed by atoms with Crippen LogP contribution in [0.5, 0.6) is 0 Å². The van der Waals surface area contributed by atoms with Crippen molar-refractivity contribution in [2.24, 2.45) is 0 Å². The molecule has 0 bridgehead atoms. The second kappa shape index (κ2) is 6.34. The van der Waals surface area contributed by atoms with E-state index in [9.17, 15) is 4.79 Å². The van der Waals surface area contributed by atoms with Crippen LogP contribution in [0.15, 0.2) is 28.7 Å². The maximum Gasteiger partial charge on any atom is 0.223 e. The molecule has 0 saturated carbocycles. The van der Waals surface area contributed by atoms with Gasteiger partial charge in [0, 0.05) is 24.0 Å². The van der Waals surface area contributed by atoms with Crippen molar-refractivity contribution >= 4 is 21.8 Å². The van der Waals surface area contributed by atoms with E-state index in [0.29, 0.717) is 13.0 Å². The summed E-state index contributed by atoms with van der Waals surface area (Å²) in [5.74, 6) is 0.223. The Hall–Kier alpha value is -0.870. The van der Waals surface area contributed by atoms with Gasteiger partial charge >= 0.3 is 0 Å². The molecule has 0 aliphatic carbocycles. The SMILES string of the molecule is CC1CN(C(=O)CCc2ccccc2Br)CCO1. The van der Waals surface area contributed by atoms with Gasteiger partial charge in [-0.1, -0.05) is 34.1 Å². The Kier molecular flexibility index (Phi) is 4.78. The fourth-order valence-corrected chi connectivity index (χ4v) is 2.63. The van der Waals surface area contributed by atoms with Crippen molar-refractivity contribution in [3.63, 3.8) is 0 Å². The summed E-state index contributed by atoms with van der Waals surface area (Å²) in [6, 6.07) is 8.05. The monoisotopic (exact) mass is 311 g/mol. The Morgan fingerprint density at radius 1 is 1.50 bits per heavy atom. The Bertz CT molecular complexity index is 422. The summed E-state index contributed by atoms with van der Waals surface area (Å²) in [6.45, 7) is 4.10. The van der Waals surface area contributed by atoms with E-state index in [1.54, 1.807) is 0 Å². The number of carbonyl (C=O) groups is 1. The van der Waals surface area contributed by atoms with Crippen molar-refractivity contribution in [1.29, 1.82) is 0 Å². The van der Waals surface area contributed by atoms with Crippen LogP contribution in [0.2, 0.25) is 0 Å². The number of benzene rings is 1. The summed E-state index contributed by atoms with van der Waals surface area (Å²) in [5, 5.41) is 0. The van der Waals surface area contributed by atoms with Crippen molar-refractivity contribution in [3.05, 3.63) is 34.3 Å². The number of hydrogen-bond acceptors (Lipinski definition) is 2. The van der Waals surface area contributed by atoms with Gasteiger partial charge in [0.25, 0.3) is 0 Å². The molecule has 2 rings (SSSR count). The lowest BCUT2D eigenvalue weighted by Crippen LogP contribution is -2.44. The number of rotatable bonds is 3. The number of hydrogen-bond donors (Lipinski definition) is 0. The first-order chi connectivity index (χ1) is 8.66. The smallest absolute Gasteiger partial charge is 0.223 e. The molecule has 1 aliphatic heterocycles.